The molecule has 0 rings (SSSR count). The van der Waals surface area contributed by atoms with Crippen LogP contribution in [0.15, 0.2) is 37.0 Å². The summed E-state index contributed by atoms with van der Waals surface area (Å²) < 4.78 is 60.1. The van der Waals surface area contributed by atoms with E-state index in [2.05, 4.69) is 47.0 Å². The first kappa shape index (κ1) is 46.2. The molecule has 0 bridgehead atoms. The van der Waals surface area contributed by atoms with Crippen molar-refractivity contribution in [2.45, 2.75) is 163 Å². The van der Waals surface area contributed by atoms with Crippen LogP contribution in [0, 0.1) is 17.3 Å². The van der Waals surface area contributed by atoms with E-state index in [9.17, 15) is 27.6 Å². The zero-order valence-electron chi connectivity index (χ0n) is 32.3. The van der Waals surface area contributed by atoms with Crippen LogP contribution in [0.5, 0.6) is 0 Å². The van der Waals surface area contributed by atoms with E-state index < -0.39 is 82.1 Å². The standard InChI is InChI=1S/C37H65F3O6Si2/c1-17-22-29(37(38,39)40)23-24-36(14,28(8)41)44-31(42)25-30(45-48(19-3,20-4)21-5)35(12,13)33(43)27(7)32(26(6)18-2)46-47(15,16)34(9,10)11/h17-18,23,26-27,30,32H,1-2,19-22,24-25H2,3-16H3/b29-23+/t26?,27-,30+,32+,36?/m1/s1. The van der Waals surface area contributed by atoms with Crippen LogP contribution < -0.4 is 0 Å². The number of rotatable bonds is 21. The van der Waals surface area contributed by atoms with E-state index in [1.54, 1.807) is 19.9 Å². The van der Waals surface area contributed by atoms with Crippen LogP contribution in [-0.2, 0) is 28.0 Å². The number of ether oxygens (including phenoxy) is 1. The van der Waals surface area contributed by atoms with Gasteiger partial charge in [-0.25, -0.2) is 0 Å². The largest absolute Gasteiger partial charge is 0.451 e. The van der Waals surface area contributed by atoms with Crippen molar-refractivity contribution in [1.82, 2.24) is 0 Å². The highest BCUT2D eigenvalue weighted by Crippen LogP contribution is 2.42. The van der Waals surface area contributed by atoms with Crippen LogP contribution in [0.4, 0.5) is 13.2 Å². The number of carbonyl (C=O) groups excluding carboxylic acids is 3. The molecule has 0 saturated heterocycles. The molecule has 6 nitrogen and oxygen atoms in total. The molecule has 0 aliphatic rings. The van der Waals surface area contributed by atoms with E-state index in [4.69, 9.17) is 13.6 Å². The van der Waals surface area contributed by atoms with Crippen molar-refractivity contribution in [3.8, 4) is 0 Å². The van der Waals surface area contributed by atoms with Gasteiger partial charge in [-0.2, -0.15) is 13.2 Å². The summed E-state index contributed by atoms with van der Waals surface area (Å²) in [6.07, 6.45) is -3.46. The molecule has 0 N–H and O–H groups in total. The molecular formula is C37H65F3O6Si2. The Morgan fingerprint density at radius 1 is 0.875 bits per heavy atom. The maximum Gasteiger partial charge on any atom is 0.412 e. The van der Waals surface area contributed by atoms with Crippen LogP contribution in [0.25, 0.3) is 0 Å². The SMILES string of the molecule is C=CC/C(=C\CC(C)(OC(=O)C[C@H](O[Si](CC)(CC)CC)C(C)(C)C(=O)[C@H](C)[C@@H](O[Si](C)(C)C(C)(C)C)C(C)C=C)C(C)=O)C(F)(F)F. The molecule has 0 aromatic rings. The summed E-state index contributed by atoms with van der Waals surface area (Å²) in [6.45, 7) is 34.0. The van der Waals surface area contributed by atoms with Gasteiger partial charge in [0.25, 0.3) is 0 Å². The van der Waals surface area contributed by atoms with Crippen LogP contribution in [0.2, 0.25) is 36.3 Å². The van der Waals surface area contributed by atoms with Gasteiger partial charge in [-0.3, -0.25) is 14.4 Å². The molecular weight excluding hydrogens is 654 g/mol. The smallest absolute Gasteiger partial charge is 0.412 e. The molecule has 0 aliphatic carbocycles. The fourth-order valence-corrected chi connectivity index (χ4v) is 9.88. The minimum atomic E-state index is -4.63. The molecule has 0 aromatic heterocycles. The Kier molecular flexibility index (Phi) is 17.2. The third kappa shape index (κ3) is 12.2. The third-order valence-corrected chi connectivity index (χ3v) is 19.8. The van der Waals surface area contributed by atoms with Gasteiger partial charge in [-0.05, 0) is 62.5 Å². The number of Topliss-reactive ketones (excluding diaryl/α,β-unsaturated/α-hetero) is 2. The molecule has 278 valence electrons. The van der Waals surface area contributed by atoms with E-state index >= 15 is 0 Å². The summed E-state index contributed by atoms with van der Waals surface area (Å²) in [4.78, 5) is 41.0. The van der Waals surface area contributed by atoms with Crippen molar-refractivity contribution in [2.75, 3.05) is 0 Å². The topological polar surface area (TPSA) is 78.9 Å². The molecule has 0 saturated carbocycles. The second-order valence-corrected chi connectivity index (χ2v) is 25.0. The van der Waals surface area contributed by atoms with Crippen molar-refractivity contribution in [3.05, 3.63) is 37.0 Å². The normalized spacial score (nSPS) is 17.5. The lowest BCUT2D eigenvalue weighted by Crippen LogP contribution is -2.54. The van der Waals surface area contributed by atoms with Gasteiger partial charge in [0.05, 0.1) is 18.6 Å². The molecule has 0 aromatic carbocycles. The van der Waals surface area contributed by atoms with E-state index in [-0.39, 0.29) is 23.2 Å². The van der Waals surface area contributed by atoms with Crippen LogP contribution in [0.3, 0.4) is 0 Å². The summed E-state index contributed by atoms with van der Waals surface area (Å²) in [5.74, 6) is -2.28. The number of hydrogen-bond donors (Lipinski definition) is 0. The average molecular weight is 719 g/mol. The summed E-state index contributed by atoms with van der Waals surface area (Å²) in [5.41, 5.74) is -3.92. The van der Waals surface area contributed by atoms with Gasteiger partial charge >= 0.3 is 12.1 Å². The minimum absolute atomic E-state index is 0.0977. The first-order valence-corrected chi connectivity index (χ1v) is 22.7. The Morgan fingerprint density at radius 2 is 1.38 bits per heavy atom. The first-order valence-electron chi connectivity index (χ1n) is 17.3. The number of hydrogen-bond acceptors (Lipinski definition) is 6. The Morgan fingerprint density at radius 3 is 1.75 bits per heavy atom. The molecule has 2 unspecified atom stereocenters. The van der Waals surface area contributed by atoms with Crippen molar-refractivity contribution in [2.24, 2.45) is 17.3 Å². The van der Waals surface area contributed by atoms with Gasteiger partial charge in [0.15, 0.2) is 28.0 Å². The van der Waals surface area contributed by atoms with Crippen LogP contribution in [0.1, 0.15) is 102 Å². The molecule has 0 spiro atoms. The highest BCUT2D eigenvalue weighted by atomic mass is 28.4. The lowest BCUT2D eigenvalue weighted by molar-refractivity contribution is -0.168. The number of alkyl halides is 3. The zero-order valence-corrected chi connectivity index (χ0v) is 34.3. The molecule has 48 heavy (non-hydrogen) atoms. The Hall–Kier alpha value is -1.83. The highest BCUT2D eigenvalue weighted by molar-refractivity contribution is 6.74. The Bertz CT molecular complexity index is 1140. The summed E-state index contributed by atoms with van der Waals surface area (Å²) >= 11 is 0. The highest BCUT2D eigenvalue weighted by Gasteiger charge is 2.49. The summed E-state index contributed by atoms with van der Waals surface area (Å²) in [6, 6.07) is 2.28. The number of esters is 1. The number of allylic oxidation sites excluding steroid dienone is 2. The van der Waals surface area contributed by atoms with E-state index in [0.29, 0.717) is 0 Å². The lowest BCUT2D eigenvalue weighted by Gasteiger charge is -2.45. The van der Waals surface area contributed by atoms with Crippen LogP contribution in [-0.4, -0.2) is 58.2 Å². The maximum atomic E-state index is 14.6. The van der Waals surface area contributed by atoms with E-state index in [0.717, 1.165) is 30.3 Å². The minimum Gasteiger partial charge on any atom is -0.451 e. The molecule has 0 fully saturated rings. The van der Waals surface area contributed by atoms with Gasteiger partial charge in [0, 0.05) is 23.3 Å². The lowest BCUT2D eigenvalue weighted by atomic mass is 9.73. The zero-order chi connectivity index (χ0) is 38.1. The molecule has 11 heteroatoms. The van der Waals surface area contributed by atoms with Gasteiger partial charge < -0.3 is 13.6 Å². The summed E-state index contributed by atoms with van der Waals surface area (Å²) in [7, 11) is -4.71. The van der Waals surface area contributed by atoms with Crippen LogP contribution >= 0.6 is 0 Å². The van der Waals surface area contributed by atoms with Gasteiger partial charge in [-0.1, -0.05) is 87.5 Å². The summed E-state index contributed by atoms with van der Waals surface area (Å²) in [5, 5.41) is -0.0977. The van der Waals surface area contributed by atoms with Crippen molar-refractivity contribution >= 4 is 34.2 Å². The molecule has 0 radical (unpaired) electrons. The predicted octanol–water partition coefficient (Wildman–Crippen LogP) is 10.6. The second kappa shape index (κ2) is 17.9. The molecule has 0 aliphatic heterocycles. The Balaban J connectivity index is 6.82. The second-order valence-electron chi connectivity index (χ2n) is 15.6. The number of halogens is 3. The number of carbonyl (C=O) groups is 3. The Labute approximate surface area is 291 Å². The fourth-order valence-electron chi connectivity index (χ4n) is 5.45. The van der Waals surface area contributed by atoms with Crippen molar-refractivity contribution < 1.29 is 41.1 Å². The monoisotopic (exact) mass is 718 g/mol. The average Bonchev–Trinajstić information content (AvgIpc) is 2.97. The molecule has 0 heterocycles. The van der Waals surface area contributed by atoms with Gasteiger partial charge in [0.1, 0.15) is 5.78 Å². The first-order chi connectivity index (χ1) is 21.6. The molecule has 0 amide bonds. The number of ketones is 2. The quantitative estimate of drug-likeness (QED) is 0.0668. The molecule has 5 atom stereocenters. The van der Waals surface area contributed by atoms with Crippen molar-refractivity contribution in [3.63, 3.8) is 0 Å². The predicted molar refractivity (Wildman–Crippen MR) is 195 cm³/mol. The fraction of sp³-hybridized carbons (Fsp3) is 0.757. The van der Waals surface area contributed by atoms with Crippen molar-refractivity contribution in [1.29, 1.82) is 0 Å². The van der Waals surface area contributed by atoms with Gasteiger partial charge in [0.2, 0.25) is 0 Å². The van der Waals surface area contributed by atoms with E-state index in [1.165, 1.54) is 13.8 Å². The van der Waals surface area contributed by atoms with Gasteiger partial charge in [-0.15, -0.1) is 13.2 Å². The maximum absolute atomic E-state index is 14.6. The third-order valence-electron chi connectivity index (χ3n) is 10.7. The van der Waals surface area contributed by atoms with E-state index in [1.807, 2.05) is 34.6 Å².